The maximum absolute atomic E-state index is 13.9. The average molecular weight is 803 g/mol. The summed E-state index contributed by atoms with van der Waals surface area (Å²) in [6.07, 6.45) is -0.0627. The highest BCUT2D eigenvalue weighted by atomic mass is 35.5. The smallest absolute Gasteiger partial charge is 0.433 e. The number of hydrogen-bond donors (Lipinski definition) is 2. The molecule has 12 nitrogen and oxygen atoms in total. The number of methoxy groups -OCH3 is 2. The molecule has 0 bridgehead atoms. The molecule has 5 heterocycles. The summed E-state index contributed by atoms with van der Waals surface area (Å²) >= 11 is 7.22. The number of carbonyl (C=O) groups excluding carboxylic acids is 1. The molecule has 5 aromatic rings. The Morgan fingerprint density at radius 1 is 1.04 bits per heavy atom. The van der Waals surface area contributed by atoms with Gasteiger partial charge in [0.15, 0.2) is 0 Å². The van der Waals surface area contributed by atoms with Crippen molar-refractivity contribution in [2.75, 3.05) is 52.3 Å². The van der Waals surface area contributed by atoms with Gasteiger partial charge in [0, 0.05) is 74.1 Å². The molecule has 3 aromatic heterocycles. The van der Waals surface area contributed by atoms with Gasteiger partial charge in [0.25, 0.3) is 5.56 Å². The second-order valence-corrected chi connectivity index (χ2v) is 15.3. The number of nitrogens with one attached hydrogen (secondary N) is 2. The summed E-state index contributed by atoms with van der Waals surface area (Å²) in [6, 6.07) is 14.0. The number of likely N-dealkylation sites (tertiary alicyclic amines) is 1. The van der Waals surface area contributed by atoms with Gasteiger partial charge in [-0.15, -0.1) is 0 Å². The quantitative estimate of drug-likeness (QED) is 0.158. The fourth-order valence-electron chi connectivity index (χ4n) is 8.57. The standard InChI is InChI=1S/C41H42ClF3N8O4/c1-23-26(7-6-10-29(23)47-36-34-25(21-46-51(2)38(34)54)20-32(49-36)41(43,44)45)27-8-5-9-28(35(27)42)30-19-24-11-12-31(33(24)37(48-30)57-4)53-16-14-40(22-53)13-15-52(17-18-56-3)39(55)50-40/h5-10,19-21,31H,11-18,22H2,1-4H3,(H,47,49)(H,50,55). The van der Waals surface area contributed by atoms with E-state index < -0.39 is 17.4 Å². The predicted molar refractivity (Wildman–Crippen MR) is 211 cm³/mol. The highest BCUT2D eigenvalue weighted by molar-refractivity contribution is 6.36. The average Bonchev–Trinajstić information content (AvgIpc) is 3.80. The first-order valence-electron chi connectivity index (χ1n) is 18.8. The van der Waals surface area contributed by atoms with Crippen LogP contribution in [0.25, 0.3) is 33.2 Å². The van der Waals surface area contributed by atoms with E-state index in [-0.39, 0.29) is 34.2 Å². The number of aromatic nitrogens is 4. The maximum Gasteiger partial charge on any atom is 0.433 e. The molecule has 2 aliphatic heterocycles. The van der Waals surface area contributed by atoms with Gasteiger partial charge in [-0.1, -0.05) is 41.9 Å². The normalized spacial score (nSPS) is 19.7. The van der Waals surface area contributed by atoms with Crippen LogP contribution in [0.15, 0.2) is 59.5 Å². The number of aryl methyl sites for hydroxylation is 2. The van der Waals surface area contributed by atoms with Crippen molar-refractivity contribution in [3.8, 4) is 28.3 Å². The number of rotatable bonds is 9. The minimum atomic E-state index is -4.75. The Labute approximate surface area is 331 Å². The van der Waals surface area contributed by atoms with Crippen LogP contribution in [-0.2, 0) is 24.4 Å². The first-order valence-corrected chi connectivity index (χ1v) is 19.2. The summed E-state index contributed by atoms with van der Waals surface area (Å²) in [5.41, 5.74) is 4.09. The Hall–Kier alpha value is -5.25. The van der Waals surface area contributed by atoms with Gasteiger partial charge < -0.3 is 25.0 Å². The molecule has 2 atom stereocenters. The van der Waals surface area contributed by atoms with Crippen molar-refractivity contribution in [2.24, 2.45) is 7.05 Å². The Morgan fingerprint density at radius 3 is 2.54 bits per heavy atom. The summed E-state index contributed by atoms with van der Waals surface area (Å²) in [7, 11) is 4.68. The molecular weight excluding hydrogens is 761 g/mol. The van der Waals surface area contributed by atoms with Crippen molar-refractivity contribution in [2.45, 2.75) is 50.4 Å². The number of amides is 2. The summed E-state index contributed by atoms with van der Waals surface area (Å²) < 4.78 is 53.9. The van der Waals surface area contributed by atoms with Gasteiger partial charge in [-0.05, 0) is 67.5 Å². The van der Waals surface area contributed by atoms with Gasteiger partial charge >= 0.3 is 12.2 Å². The number of fused-ring (bicyclic) bond motifs is 2. The Morgan fingerprint density at radius 2 is 1.79 bits per heavy atom. The van der Waals surface area contributed by atoms with Crippen molar-refractivity contribution in [1.29, 1.82) is 0 Å². The van der Waals surface area contributed by atoms with Crippen LogP contribution in [0.3, 0.4) is 0 Å². The zero-order chi connectivity index (χ0) is 40.2. The van der Waals surface area contributed by atoms with Crippen molar-refractivity contribution in [1.82, 2.24) is 34.9 Å². The lowest BCUT2D eigenvalue weighted by atomic mass is 9.92. The van der Waals surface area contributed by atoms with Crippen LogP contribution in [0.2, 0.25) is 5.02 Å². The molecule has 0 saturated carbocycles. The van der Waals surface area contributed by atoms with Gasteiger partial charge in [0.1, 0.15) is 11.5 Å². The van der Waals surface area contributed by atoms with Crippen LogP contribution in [0.1, 0.15) is 47.7 Å². The van der Waals surface area contributed by atoms with Crippen LogP contribution < -0.4 is 20.9 Å². The second-order valence-electron chi connectivity index (χ2n) is 15.0. The van der Waals surface area contributed by atoms with Crippen LogP contribution >= 0.6 is 11.6 Å². The summed E-state index contributed by atoms with van der Waals surface area (Å²) in [6.45, 7) is 5.20. The molecule has 8 rings (SSSR count). The van der Waals surface area contributed by atoms with Gasteiger partial charge in [-0.3, -0.25) is 9.69 Å². The summed E-state index contributed by atoms with van der Waals surface area (Å²) in [5.74, 6) is 0.309. The molecular formula is C41H42ClF3N8O4. The van der Waals surface area contributed by atoms with E-state index in [1.807, 2.05) is 36.1 Å². The largest absolute Gasteiger partial charge is 0.481 e. The van der Waals surface area contributed by atoms with Gasteiger partial charge in [-0.25, -0.2) is 19.4 Å². The van der Waals surface area contributed by atoms with E-state index in [0.717, 1.165) is 66.2 Å². The lowest BCUT2D eigenvalue weighted by molar-refractivity contribution is -0.141. The molecule has 0 radical (unpaired) electrons. The van der Waals surface area contributed by atoms with E-state index in [2.05, 4.69) is 31.7 Å². The van der Waals surface area contributed by atoms with Crippen LogP contribution in [0.5, 0.6) is 5.88 Å². The molecule has 2 aromatic carbocycles. The molecule has 3 aliphatic rings. The lowest BCUT2D eigenvalue weighted by Crippen LogP contribution is -2.61. The third-order valence-electron chi connectivity index (χ3n) is 11.6. The molecule has 1 spiro atoms. The summed E-state index contributed by atoms with van der Waals surface area (Å²) in [4.78, 5) is 39.2. The molecule has 2 amide bonds. The van der Waals surface area contributed by atoms with Gasteiger partial charge in [-0.2, -0.15) is 18.3 Å². The minimum absolute atomic E-state index is 0.0146. The number of anilines is 2. The van der Waals surface area contributed by atoms with Crippen molar-refractivity contribution < 1.29 is 27.4 Å². The number of urea groups is 1. The zero-order valence-electron chi connectivity index (χ0n) is 32.0. The number of carbonyl (C=O) groups is 1. The number of alkyl halides is 3. The van der Waals surface area contributed by atoms with Crippen molar-refractivity contribution in [3.63, 3.8) is 0 Å². The van der Waals surface area contributed by atoms with Crippen molar-refractivity contribution in [3.05, 3.63) is 92.5 Å². The highest BCUT2D eigenvalue weighted by Gasteiger charge is 2.46. The Balaban J connectivity index is 1.08. The van der Waals surface area contributed by atoms with Crippen molar-refractivity contribution >= 4 is 39.9 Å². The van der Waals surface area contributed by atoms with E-state index in [9.17, 15) is 22.8 Å². The van der Waals surface area contributed by atoms with E-state index >= 15 is 0 Å². The SMILES string of the molecule is COCCN1CCC2(CCN(C3CCc4cc(-c5cccc(-c6cccc(Nc7nc(C(F)(F)F)cc8cnn(C)c(=O)c78)c6C)c5Cl)nc(OC)c43)C2)NC1=O. The van der Waals surface area contributed by atoms with E-state index in [0.29, 0.717) is 58.7 Å². The van der Waals surface area contributed by atoms with Gasteiger partial charge in [0.2, 0.25) is 5.88 Å². The highest BCUT2D eigenvalue weighted by Crippen LogP contribution is 2.47. The van der Waals surface area contributed by atoms with Crippen LogP contribution in [0.4, 0.5) is 29.5 Å². The van der Waals surface area contributed by atoms with Crippen LogP contribution in [-0.4, -0.2) is 88.1 Å². The number of ether oxygens (including phenoxy) is 2. The number of hydrogen-bond acceptors (Lipinski definition) is 9. The molecule has 57 heavy (non-hydrogen) atoms. The minimum Gasteiger partial charge on any atom is -0.481 e. The number of halogens is 4. The molecule has 16 heteroatoms. The topological polar surface area (TPSA) is 127 Å². The first-order chi connectivity index (χ1) is 27.3. The molecule has 298 valence electrons. The zero-order valence-corrected chi connectivity index (χ0v) is 32.7. The lowest BCUT2D eigenvalue weighted by Gasteiger charge is -2.40. The third kappa shape index (κ3) is 7.06. The van der Waals surface area contributed by atoms with E-state index in [1.54, 1.807) is 26.4 Å². The molecule has 2 fully saturated rings. The Bertz CT molecular complexity index is 2460. The predicted octanol–water partition coefficient (Wildman–Crippen LogP) is 7.28. The van der Waals surface area contributed by atoms with Crippen LogP contribution in [0, 0.1) is 6.92 Å². The summed E-state index contributed by atoms with van der Waals surface area (Å²) in [5, 5.41) is 10.7. The maximum atomic E-state index is 13.9. The second kappa shape index (κ2) is 14.9. The fourth-order valence-corrected chi connectivity index (χ4v) is 8.89. The molecule has 2 N–H and O–H groups in total. The third-order valence-corrected chi connectivity index (χ3v) is 12.0. The van der Waals surface area contributed by atoms with E-state index in [1.165, 1.54) is 13.2 Å². The first kappa shape index (κ1) is 38.6. The number of pyridine rings is 2. The van der Waals surface area contributed by atoms with E-state index in [4.69, 9.17) is 26.1 Å². The molecule has 2 unspecified atom stereocenters. The fraction of sp³-hybridized carbons (Fsp3) is 0.390. The Kier molecular flexibility index (Phi) is 10.1. The number of benzene rings is 2. The number of nitrogens with zero attached hydrogens (tertiary/aromatic N) is 6. The molecule has 1 aliphatic carbocycles. The molecule has 2 saturated heterocycles. The monoisotopic (exact) mass is 802 g/mol. The van der Waals surface area contributed by atoms with Gasteiger partial charge in [0.05, 0.1) is 41.6 Å².